The fourth-order valence-electron chi connectivity index (χ4n) is 1.03. The number of carbonyl (C=O) groups is 1. The van der Waals surface area contributed by atoms with Crippen LogP contribution in [0.1, 0.15) is 29.8 Å². The third-order valence-corrected chi connectivity index (χ3v) is 3.36. The number of alkyl halides is 1. The van der Waals surface area contributed by atoms with E-state index in [0.717, 1.165) is 11.4 Å². The number of aryl methyl sites for hydroxylation is 1. The summed E-state index contributed by atoms with van der Waals surface area (Å²) in [7, 11) is 0. The van der Waals surface area contributed by atoms with Crippen molar-refractivity contribution < 1.29 is 4.79 Å². The quantitative estimate of drug-likeness (QED) is 0.809. The number of halogens is 1. The highest BCUT2D eigenvalue weighted by Crippen LogP contribution is 2.19. The molecule has 0 aliphatic carbocycles. The van der Waals surface area contributed by atoms with E-state index in [-0.39, 0.29) is 17.8 Å². The molecule has 14 heavy (non-hydrogen) atoms. The molecule has 3 nitrogen and oxygen atoms in total. The molecule has 1 unspecified atom stereocenters. The van der Waals surface area contributed by atoms with Crippen LogP contribution in [0.15, 0.2) is 6.20 Å². The Bertz CT molecular complexity index is 314. The van der Waals surface area contributed by atoms with Crippen molar-refractivity contribution in [3.8, 4) is 0 Å². The van der Waals surface area contributed by atoms with Crippen LogP contribution in [0.2, 0.25) is 0 Å². The maximum absolute atomic E-state index is 11.0. The minimum absolute atomic E-state index is 0.00362. The van der Waals surface area contributed by atoms with Gasteiger partial charge in [-0.1, -0.05) is 6.92 Å². The number of aromatic nitrogens is 1. The van der Waals surface area contributed by atoms with E-state index in [0.29, 0.717) is 0 Å². The summed E-state index contributed by atoms with van der Waals surface area (Å²) in [6.45, 7) is 3.99. The van der Waals surface area contributed by atoms with Crippen LogP contribution in [0.5, 0.6) is 0 Å². The maximum Gasteiger partial charge on any atom is 0.235 e. The molecular formula is C9H13ClN2OS. The van der Waals surface area contributed by atoms with Crippen LogP contribution >= 0.6 is 22.9 Å². The molecule has 0 saturated heterocycles. The zero-order valence-corrected chi connectivity index (χ0v) is 9.78. The monoisotopic (exact) mass is 232 g/mol. The minimum atomic E-state index is -0.160. The Hall–Kier alpha value is -0.610. The van der Waals surface area contributed by atoms with Gasteiger partial charge in [0.2, 0.25) is 5.91 Å². The first-order valence-corrected chi connectivity index (χ1v) is 5.82. The standard InChI is InChI=1S/C9H13ClN2OS/c1-3-7-5-11-9(14-7)6(2)12-8(13)4-10/h5-6H,3-4H2,1-2H3,(H,12,13). The van der Waals surface area contributed by atoms with Gasteiger partial charge in [0, 0.05) is 11.1 Å². The van der Waals surface area contributed by atoms with Gasteiger partial charge in [0.15, 0.2) is 0 Å². The summed E-state index contributed by atoms with van der Waals surface area (Å²) < 4.78 is 0. The average molecular weight is 233 g/mol. The Balaban J connectivity index is 2.60. The van der Waals surface area contributed by atoms with Crippen molar-refractivity contribution in [2.45, 2.75) is 26.3 Å². The second-order valence-corrected chi connectivity index (χ2v) is 4.36. The summed E-state index contributed by atoms with van der Waals surface area (Å²) in [5.74, 6) is -0.163. The SMILES string of the molecule is CCc1cnc(C(C)NC(=O)CCl)s1. The molecule has 1 rings (SSSR count). The first kappa shape index (κ1) is 11.5. The molecule has 0 saturated carbocycles. The first-order chi connectivity index (χ1) is 6.67. The van der Waals surface area contributed by atoms with Crippen LogP contribution in [0.25, 0.3) is 0 Å². The molecule has 1 amide bonds. The molecule has 1 N–H and O–H groups in total. The Labute approximate surface area is 92.5 Å². The fraction of sp³-hybridized carbons (Fsp3) is 0.556. The summed E-state index contributed by atoms with van der Waals surface area (Å²) in [5.41, 5.74) is 0. The van der Waals surface area contributed by atoms with Crippen molar-refractivity contribution in [3.05, 3.63) is 16.1 Å². The van der Waals surface area contributed by atoms with Crippen LogP contribution < -0.4 is 5.32 Å². The van der Waals surface area contributed by atoms with Gasteiger partial charge in [0.25, 0.3) is 0 Å². The van der Waals surface area contributed by atoms with Crippen LogP contribution in [-0.4, -0.2) is 16.8 Å². The highest BCUT2D eigenvalue weighted by Gasteiger charge is 2.11. The summed E-state index contributed by atoms with van der Waals surface area (Å²) >= 11 is 7.01. The lowest BCUT2D eigenvalue weighted by atomic mass is 10.3. The predicted molar refractivity (Wildman–Crippen MR) is 58.8 cm³/mol. The van der Waals surface area contributed by atoms with Gasteiger partial charge in [-0.2, -0.15) is 0 Å². The van der Waals surface area contributed by atoms with E-state index in [1.807, 2.05) is 13.1 Å². The minimum Gasteiger partial charge on any atom is -0.346 e. The first-order valence-electron chi connectivity index (χ1n) is 4.47. The third kappa shape index (κ3) is 2.96. The van der Waals surface area contributed by atoms with Crippen molar-refractivity contribution in [1.82, 2.24) is 10.3 Å². The van der Waals surface area contributed by atoms with Gasteiger partial charge in [0.1, 0.15) is 10.9 Å². The van der Waals surface area contributed by atoms with E-state index in [2.05, 4.69) is 17.2 Å². The molecule has 0 fully saturated rings. The maximum atomic E-state index is 11.0. The van der Waals surface area contributed by atoms with Gasteiger partial charge in [-0.15, -0.1) is 22.9 Å². The predicted octanol–water partition coefficient (Wildman–Crippen LogP) is 2.12. The molecule has 5 heteroatoms. The number of amides is 1. The van der Waals surface area contributed by atoms with Crippen LogP contribution in [-0.2, 0) is 11.2 Å². The molecule has 0 spiro atoms. The topological polar surface area (TPSA) is 42.0 Å². The van der Waals surface area contributed by atoms with Gasteiger partial charge in [-0.3, -0.25) is 4.79 Å². The van der Waals surface area contributed by atoms with Crippen molar-refractivity contribution in [1.29, 1.82) is 0 Å². The van der Waals surface area contributed by atoms with Gasteiger partial charge < -0.3 is 5.32 Å². The van der Waals surface area contributed by atoms with E-state index >= 15 is 0 Å². The highest BCUT2D eigenvalue weighted by molar-refractivity contribution is 7.11. The van der Waals surface area contributed by atoms with Gasteiger partial charge in [-0.05, 0) is 13.3 Å². The summed E-state index contributed by atoms with van der Waals surface area (Å²) in [6, 6.07) is -0.0495. The average Bonchev–Trinajstić information content (AvgIpc) is 2.65. The molecule has 78 valence electrons. The number of rotatable bonds is 4. The lowest BCUT2D eigenvalue weighted by Gasteiger charge is -2.08. The van der Waals surface area contributed by atoms with Crippen LogP contribution in [0.3, 0.4) is 0 Å². The number of hydrogen-bond acceptors (Lipinski definition) is 3. The number of thiazole rings is 1. The molecule has 0 aliphatic heterocycles. The smallest absolute Gasteiger partial charge is 0.235 e. The highest BCUT2D eigenvalue weighted by atomic mass is 35.5. The molecule has 1 atom stereocenters. The Morgan fingerprint density at radius 2 is 2.50 bits per heavy atom. The summed E-state index contributed by atoms with van der Waals surface area (Å²) in [4.78, 5) is 16.5. The van der Waals surface area contributed by atoms with Crippen molar-refractivity contribution >= 4 is 28.8 Å². The molecule has 0 aromatic carbocycles. The van der Waals surface area contributed by atoms with E-state index < -0.39 is 0 Å². The lowest BCUT2D eigenvalue weighted by Crippen LogP contribution is -2.27. The second-order valence-electron chi connectivity index (χ2n) is 2.94. The Morgan fingerprint density at radius 3 is 3.00 bits per heavy atom. The van der Waals surface area contributed by atoms with Crippen molar-refractivity contribution in [2.75, 3.05) is 5.88 Å². The Morgan fingerprint density at radius 1 is 1.79 bits per heavy atom. The molecule has 0 bridgehead atoms. The number of carbonyl (C=O) groups excluding carboxylic acids is 1. The van der Waals surface area contributed by atoms with E-state index in [1.54, 1.807) is 11.3 Å². The molecule has 0 aliphatic rings. The summed E-state index contributed by atoms with van der Waals surface area (Å²) in [6.07, 6.45) is 2.83. The van der Waals surface area contributed by atoms with E-state index in [9.17, 15) is 4.79 Å². The van der Waals surface area contributed by atoms with Gasteiger partial charge >= 0.3 is 0 Å². The largest absolute Gasteiger partial charge is 0.346 e. The molecule has 1 heterocycles. The number of nitrogens with one attached hydrogen (secondary N) is 1. The third-order valence-electron chi connectivity index (χ3n) is 1.79. The normalized spacial score (nSPS) is 12.5. The van der Waals surface area contributed by atoms with Crippen molar-refractivity contribution in [3.63, 3.8) is 0 Å². The number of hydrogen-bond donors (Lipinski definition) is 1. The molecule has 1 aromatic heterocycles. The van der Waals surface area contributed by atoms with E-state index in [1.165, 1.54) is 4.88 Å². The summed E-state index contributed by atoms with van der Waals surface area (Å²) in [5, 5.41) is 3.69. The Kier molecular flexibility index (Phi) is 4.35. The van der Waals surface area contributed by atoms with Gasteiger partial charge in [-0.25, -0.2) is 4.98 Å². The zero-order chi connectivity index (χ0) is 10.6. The molecule has 0 radical (unpaired) electrons. The van der Waals surface area contributed by atoms with Crippen LogP contribution in [0, 0.1) is 0 Å². The van der Waals surface area contributed by atoms with Gasteiger partial charge in [0.05, 0.1) is 6.04 Å². The lowest BCUT2D eigenvalue weighted by molar-refractivity contribution is -0.119. The van der Waals surface area contributed by atoms with E-state index in [4.69, 9.17) is 11.6 Å². The fourth-order valence-corrected chi connectivity index (χ4v) is 1.96. The molecular weight excluding hydrogens is 220 g/mol. The zero-order valence-electron chi connectivity index (χ0n) is 8.21. The molecule has 1 aromatic rings. The van der Waals surface area contributed by atoms with Crippen LogP contribution in [0.4, 0.5) is 0 Å². The van der Waals surface area contributed by atoms with Crippen molar-refractivity contribution in [2.24, 2.45) is 0 Å². The second kappa shape index (κ2) is 5.32. The number of nitrogens with zero attached hydrogens (tertiary/aromatic N) is 1.